The summed E-state index contributed by atoms with van der Waals surface area (Å²) in [6.45, 7) is 4.84. The van der Waals surface area contributed by atoms with Crippen molar-refractivity contribution in [2.45, 2.75) is 26.3 Å². The van der Waals surface area contributed by atoms with E-state index >= 15 is 0 Å². The lowest BCUT2D eigenvalue weighted by Crippen LogP contribution is -2.35. The molecule has 1 rings (SSSR count). The molecule has 5 heteroatoms. The van der Waals surface area contributed by atoms with Crippen LogP contribution < -0.4 is 10.7 Å². The highest BCUT2D eigenvalue weighted by molar-refractivity contribution is 5.86. The summed E-state index contributed by atoms with van der Waals surface area (Å²) in [6, 6.07) is 0.385. The predicted molar refractivity (Wildman–Crippen MR) is 52.8 cm³/mol. The molecule has 1 aliphatic rings. The average Bonchev–Trinajstić information content (AvgIpc) is 2.49. The summed E-state index contributed by atoms with van der Waals surface area (Å²) in [5.41, 5.74) is 3.68. The van der Waals surface area contributed by atoms with Crippen LogP contribution >= 0.6 is 0 Å². The van der Waals surface area contributed by atoms with Crippen LogP contribution in [0.15, 0.2) is 10.1 Å². The Morgan fingerprint density at radius 1 is 1.85 bits per heavy atom. The minimum atomic E-state index is 0.132. The van der Waals surface area contributed by atoms with Crippen molar-refractivity contribution in [3.05, 3.63) is 0 Å². The first-order valence-electron chi connectivity index (χ1n) is 4.43. The van der Waals surface area contributed by atoms with E-state index in [2.05, 4.69) is 27.8 Å². The number of hydrogen-bond donors (Lipinski definition) is 3. The average molecular weight is 184 g/mol. The molecule has 0 spiro atoms. The van der Waals surface area contributed by atoms with Gasteiger partial charge in [-0.3, -0.25) is 0 Å². The highest BCUT2D eigenvalue weighted by atomic mass is 16.3. The van der Waals surface area contributed by atoms with E-state index in [0.29, 0.717) is 18.4 Å². The first-order valence-corrected chi connectivity index (χ1v) is 4.43. The second-order valence-electron chi connectivity index (χ2n) is 3.17. The van der Waals surface area contributed by atoms with Crippen molar-refractivity contribution >= 4 is 11.7 Å². The summed E-state index contributed by atoms with van der Waals surface area (Å²) >= 11 is 0. The Morgan fingerprint density at radius 2 is 2.62 bits per heavy atom. The third kappa shape index (κ3) is 3.42. The van der Waals surface area contributed by atoms with Gasteiger partial charge in [0, 0.05) is 24.8 Å². The number of aliphatic hydroxyl groups excluding tert-OH is 1. The monoisotopic (exact) mass is 184 g/mol. The number of aliphatic hydroxyl groups is 1. The number of guanidine groups is 1. The Kier molecular flexibility index (Phi) is 3.70. The number of rotatable bonds is 3. The van der Waals surface area contributed by atoms with Gasteiger partial charge in [-0.05, 0) is 13.8 Å². The SMILES string of the molecule is C/C(CCO)=N\NC1=NCC(C)N1. The third-order valence-electron chi connectivity index (χ3n) is 1.73. The van der Waals surface area contributed by atoms with Crippen molar-refractivity contribution < 1.29 is 5.11 Å². The molecule has 0 amide bonds. The van der Waals surface area contributed by atoms with Gasteiger partial charge in [0.25, 0.3) is 0 Å². The summed E-state index contributed by atoms with van der Waals surface area (Å²) in [6.07, 6.45) is 0.593. The Labute approximate surface area is 77.9 Å². The zero-order valence-corrected chi connectivity index (χ0v) is 8.04. The Bertz CT molecular complexity index is 224. The van der Waals surface area contributed by atoms with E-state index < -0.39 is 0 Å². The molecule has 1 heterocycles. The van der Waals surface area contributed by atoms with Crippen LogP contribution in [0.1, 0.15) is 20.3 Å². The molecule has 0 saturated carbocycles. The summed E-state index contributed by atoms with van der Waals surface area (Å²) in [5, 5.41) is 15.8. The van der Waals surface area contributed by atoms with Crippen LogP contribution in [0.3, 0.4) is 0 Å². The summed E-state index contributed by atoms with van der Waals surface area (Å²) < 4.78 is 0. The maximum Gasteiger partial charge on any atom is 0.212 e. The summed E-state index contributed by atoms with van der Waals surface area (Å²) in [4.78, 5) is 4.17. The van der Waals surface area contributed by atoms with Crippen LogP contribution in [-0.2, 0) is 0 Å². The molecule has 74 valence electrons. The van der Waals surface area contributed by atoms with Gasteiger partial charge in [-0.25, -0.2) is 10.4 Å². The molecular weight excluding hydrogens is 168 g/mol. The maximum absolute atomic E-state index is 8.62. The summed E-state index contributed by atoms with van der Waals surface area (Å²) in [5.74, 6) is 0.713. The second-order valence-corrected chi connectivity index (χ2v) is 3.17. The van der Waals surface area contributed by atoms with Crippen molar-refractivity contribution in [1.29, 1.82) is 0 Å². The van der Waals surface area contributed by atoms with Crippen LogP contribution in [-0.4, -0.2) is 36.0 Å². The van der Waals surface area contributed by atoms with Gasteiger partial charge < -0.3 is 10.4 Å². The zero-order chi connectivity index (χ0) is 9.68. The topological polar surface area (TPSA) is 69.0 Å². The predicted octanol–water partition coefficient (Wildman–Crippen LogP) is -0.318. The van der Waals surface area contributed by atoms with Gasteiger partial charge in [0.05, 0.1) is 6.54 Å². The Hall–Kier alpha value is -1.10. The largest absolute Gasteiger partial charge is 0.396 e. The van der Waals surface area contributed by atoms with Crippen molar-refractivity contribution in [2.75, 3.05) is 13.2 Å². The van der Waals surface area contributed by atoms with Gasteiger partial charge in [0.15, 0.2) is 0 Å². The molecule has 5 nitrogen and oxygen atoms in total. The Balaban J connectivity index is 2.29. The Morgan fingerprint density at radius 3 is 3.15 bits per heavy atom. The molecule has 0 bridgehead atoms. The third-order valence-corrected chi connectivity index (χ3v) is 1.73. The molecule has 1 unspecified atom stereocenters. The number of nitrogens with zero attached hydrogens (tertiary/aromatic N) is 2. The van der Waals surface area contributed by atoms with Crippen LogP contribution in [0, 0.1) is 0 Å². The van der Waals surface area contributed by atoms with Crippen LogP contribution in [0.5, 0.6) is 0 Å². The van der Waals surface area contributed by atoms with E-state index in [1.165, 1.54) is 0 Å². The van der Waals surface area contributed by atoms with Crippen LogP contribution in [0.25, 0.3) is 0 Å². The second kappa shape index (κ2) is 4.81. The van der Waals surface area contributed by atoms with E-state index in [1.54, 1.807) is 0 Å². The molecule has 0 aliphatic carbocycles. The van der Waals surface area contributed by atoms with Gasteiger partial charge >= 0.3 is 0 Å². The molecule has 0 aromatic rings. The molecule has 0 fully saturated rings. The number of aliphatic imine (C=N–C) groups is 1. The van der Waals surface area contributed by atoms with Crippen LogP contribution in [0.4, 0.5) is 0 Å². The molecule has 13 heavy (non-hydrogen) atoms. The lowest BCUT2D eigenvalue weighted by Gasteiger charge is -2.05. The van der Waals surface area contributed by atoms with E-state index in [1.807, 2.05) is 6.92 Å². The lowest BCUT2D eigenvalue weighted by atomic mass is 10.3. The fourth-order valence-corrected chi connectivity index (χ4v) is 0.987. The quantitative estimate of drug-likeness (QED) is 0.416. The first-order chi connectivity index (χ1) is 6.22. The number of nitrogens with one attached hydrogen (secondary N) is 2. The summed E-state index contributed by atoms with van der Waals surface area (Å²) in [7, 11) is 0. The van der Waals surface area contributed by atoms with E-state index in [9.17, 15) is 0 Å². The van der Waals surface area contributed by atoms with E-state index in [-0.39, 0.29) is 6.61 Å². The molecule has 1 atom stereocenters. The molecule has 3 N–H and O–H groups in total. The minimum absolute atomic E-state index is 0.132. The van der Waals surface area contributed by atoms with Gasteiger partial charge in [-0.1, -0.05) is 0 Å². The van der Waals surface area contributed by atoms with Crippen molar-refractivity contribution in [3.8, 4) is 0 Å². The number of hydrazone groups is 1. The van der Waals surface area contributed by atoms with Crippen molar-refractivity contribution in [2.24, 2.45) is 10.1 Å². The van der Waals surface area contributed by atoms with E-state index in [0.717, 1.165) is 12.3 Å². The van der Waals surface area contributed by atoms with Crippen molar-refractivity contribution in [3.63, 3.8) is 0 Å². The zero-order valence-electron chi connectivity index (χ0n) is 8.04. The first kappa shape index (κ1) is 9.98. The minimum Gasteiger partial charge on any atom is -0.396 e. The highest BCUT2D eigenvalue weighted by Crippen LogP contribution is 1.92. The molecule has 0 aromatic heterocycles. The maximum atomic E-state index is 8.62. The molecule has 0 radical (unpaired) electrons. The standard InChI is InChI=1S/C8H16N4O/c1-6(3-4-13)11-12-8-9-5-7(2)10-8/h7,13H,3-5H2,1-2H3,(H2,9,10,12)/b11-6+. The normalized spacial score (nSPS) is 22.5. The lowest BCUT2D eigenvalue weighted by molar-refractivity contribution is 0.307. The number of hydrogen-bond acceptors (Lipinski definition) is 5. The van der Waals surface area contributed by atoms with E-state index in [4.69, 9.17) is 5.11 Å². The van der Waals surface area contributed by atoms with Crippen molar-refractivity contribution in [1.82, 2.24) is 10.7 Å². The molecule has 0 saturated heterocycles. The van der Waals surface area contributed by atoms with Gasteiger partial charge in [0.1, 0.15) is 0 Å². The van der Waals surface area contributed by atoms with Gasteiger partial charge in [-0.15, -0.1) is 0 Å². The fraction of sp³-hybridized carbons (Fsp3) is 0.750. The van der Waals surface area contributed by atoms with Crippen LogP contribution in [0.2, 0.25) is 0 Å². The highest BCUT2D eigenvalue weighted by Gasteiger charge is 2.10. The molecule has 1 aliphatic heterocycles. The molecule has 0 aromatic carbocycles. The smallest absolute Gasteiger partial charge is 0.212 e. The van der Waals surface area contributed by atoms with Gasteiger partial charge in [-0.2, -0.15) is 5.10 Å². The molecular formula is C8H16N4O. The van der Waals surface area contributed by atoms with Gasteiger partial charge in [0.2, 0.25) is 5.96 Å². The fourth-order valence-electron chi connectivity index (χ4n) is 0.987.